The van der Waals surface area contributed by atoms with Crippen molar-refractivity contribution >= 4 is 0 Å². The first-order valence-corrected chi connectivity index (χ1v) is 6.73. The number of rotatable bonds is 7. The summed E-state index contributed by atoms with van der Waals surface area (Å²) in [5.74, 6) is 1.05. The fourth-order valence-corrected chi connectivity index (χ4v) is 1.95. The van der Waals surface area contributed by atoms with Gasteiger partial charge in [-0.1, -0.05) is 18.2 Å². The highest BCUT2D eigenvalue weighted by Crippen LogP contribution is 2.21. The number of hydrogen-bond acceptors (Lipinski definition) is 2. The first-order valence-electron chi connectivity index (χ1n) is 6.73. The van der Waals surface area contributed by atoms with Crippen LogP contribution in [0.4, 0.5) is 0 Å². The fourth-order valence-electron chi connectivity index (χ4n) is 1.95. The third-order valence-electron chi connectivity index (χ3n) is 2.97. The van der Waals surface area contributed by atoms with E-state index in [1.54, 1.807) is 0 Å². The van der Waals surface area contributed by atoms with Gasteiger partial charge in [-0.25, -0.2) is 0 Å². The second-order valence-corrected chi connectivity index (χ2v) is 5.11. The molecule has 2 nitrogen and oxygen atoms in total. The van der Waals surface area contributed by atoms with Crippen LogP contribution in [0.1, 0.15) is 38.7 Å². The Bertz CT molecular complexity index is 345. The molecular weight excluding hydrogens is 210 g/mol. The summed E-state index contributed by atoms with van der Waals surface area (Å²) in [7, 11) is 0. The van der Waals surface area contributed by atoms with E-state index < -0.39 is 0 Å². The summed E-state index contributed by atoms with van der Waals surface area (Å²) in [6, 6.07) is 9.20. The van der Waals surface area contributed by atoms with E-state index in [1.807, 2.05) is 6.07 Å². The molecule has 1 aliphatic carbocycles. The summed E-state index contributed by atoms with van der Waals surface area (Å²) in [5, 5.41) is 3.55. The molecule has 0 aliphatic heterocycles. The normalized spacial score (nSPS) is 15.2. The first kappa shape index (κ1) is 12.4. The zero-order valence-electron chi connectivity index (χ0n) is 10.9. The maximum atomic E-state index is 5.82. The molecule has 0 radical (unpaired) electrons. The summed E-state index contributed by atoms with van der Waals surface area (Å²) in [6.07, 6.45) is 5.28. The SMILES string of the molecule is CC(C)Oc1ccccc1CCCNC1CC1. The summed E-state index contributed by atoms with van der Waals surface area (Å²) in [5.41, 5.74) is 1.33. The van der Waals surface area contributed by atoms with Crippen molar-refractivity contribution in [2.45, 2.75) is 51.7 Å². The molecule has 0 saturated heterocycles. The van der Waals surface area contributed by atoms with Gasteiger partial charge in [-0.3, -0.25) is 0 Å². The van der Waals surface area contributed by atoms with E-state index in [4.69, 9.17) is 4.74 Å². The van der Waals surface area contributed by atoms with Crippen molar-refractivity contribution in [2.24, 2.45) is 0 Å². The summed E-state index contributed by atoms with van der Waals surface area (Å²) < 4.78 is 5.82. The molecule has 94 valence electrons. The molecule has 0 aromatic heterocycles. The number of ether oxygens (including phenoxy) is 1. The molecule has 0 spiro atoms. The van der Waals surface area contributed by atoms with Gasteiger partial charge in [-0.05, 0) is 57.7 Å². The highest BCUT2D eigenvalue weighted by Gasteiger charge is 2.19. The van der Waals surface area contributed by atoms with Crippen LogP contribution in [0.5, 0.6) is 5.75 Å². The van der Waals surface area contributed by atoms with Gasteiger partial charge in [-0.2, -0.15) is 0 Å². The summed E-state index contributed by atoms with van der Waals surface area (Å²) >= 11 is 0. The largest absolute Gasteiger partial charge is 0.491 e. The molecule has 1 N–H and O–H groups in total. The van der Waals surface area contributed by atoms with Crippen LogP contribution in [-0.2, 0) is 6.42 Å². The van der Waals surface area contributed by atoms with Gasteiger partial charge in [0.2, 0.25) is 0 Å². The second kappa shape index (κ2) is 6.06. The van der Waals surface area contributed by atoms with Crippen LogP contribution < -0.4 is 10.1 Å². The molecule has 2 rings (SSSR count). The van der Waals surface area contributed by atoms with Crippen LogP contribution >= 0.6 is 0 Å². The molecule has 1 aliphatic rings. The fraction of sp³-hybridized carbons (Fsp3) is 0.600. The zero-order valence-corrected chi connectivity index (χ0v) is 10.9. The van der Waals surface area contributed by atoms with Crippen molar-refractivity contribution in [1.29, 1.82) is 0 Å². The van der Waals surface area contributed by atoms with Gasteiger partial charge in [0.15, 0.2) is 0 Å². The average Bonchev–Trinajstić information content (AvgIpc) is 3.09. The lowest BCUT2D eigenvalue weighted by molar-refractivity contribution is 0.240. The van der Waals surface area contributed by atoms with Crippen LogP contribution in [0.25, 0.3) is 0 Å². The Kier molecular flexibility index (Phi) is 4.43. The lowest BCUT2D eigenvalue weighted by atomic mass is 10.1. The van der Waals surface area contributed by atoms with E-state index in [-0.39, 0.29) is 6.10 Å². The first-order chi connectivity index (χ1) is 8.25. The Morgan fingerprint density at radius 2 is 2.06 bits per heavy atom. The van der Waals surface area contributed by atoms with Gasteiger partial charge in [0.05, 0.1) is 6.10 Å². The van der Waals surface area contributed by atoms with Crippen molar-refractivity contribution in [1.82, 2.24) is 5.32 Å². The zero-order chi connectivity index (χ0) is 12.1. The summed E-state index contributed by atoms with van der Waals surface area (Å²) in [4.78, 5) is 0. The highest BCUT2D eigenvalue weighted by atomic mass is 16.5. The van der Waals surface area contributed by atoms with Gasteiger partial charge >= 0.3 is 0 Å². The van der Waals surface area contributed by atoms with Crippen LogP contribution in [0, 0.1) is 0 Å². The van der Waals surface area contributed by atoms with Crippen LogP contribution in [0.2, 0.25) is 0 Å². The van der Waals surface area contributed by atoms with E-state index >= 15 is 0 Å². The Hall–Kier alpha value is -1.02. The lowest BCUT2D eigenvalue weighted by Crippen LogP contribution is -2.18. The Balaban J connectivity index is 1.80. The molecule has 1 aromatic rings. The van der Waals surface area contributed by atoms with Gasteiger partial charge < -0.3 is 10.1 Å². The topological polar surface area (TPSA) is 21.3 Å². The van der Waals surface area contributed by atoms with Crippen molar-refractivity contribution < 1.29 is 4.74 Å². The van der Waals surface area contributed by atoms with Crippen LogP contribution in [0.3, 0.4) is 0 Å². The summed E-state index contributed by atoms with van der Waals surface area (Å²) in [6.45, 7) is 5.28. The smallest absolute Gasteiger partial charge is 0.122 e. The Morgan fingerprint density at radius 1 is 1.29 bits per heavy atom. The molecular formula is C15H23NO. The van der Waals surface area contributed by atoms with E-state index in [0.717, 1.165) is 24.8 Å². The van der Waals surface area contributed by atoms with E-state index in [0.29, 0.717) is 0 Å². The number of para-hydroxylation sites is 1. The standard InChI is InChI=1S/C15H23NO/c1-12(2)17-15-8-4-3-6-13(15)7-5-11-16-14-9-10-14/h3-4,6,8,12,14,16H,5,7,9-11H2,1-2H3. The molecule has 2 heteroatoms. The van der Waals surface area contributed by atoms with Crippen molar-refractivity contribution in [3.63, 3.8) is 0 Å². The minimum Gasteiger partial charge on any atom is -0.491 e. The molecule has 1 aromatic carbocycles. The van der Waals surface area contributed by atoms with E-state index in [9.17, 15) is 0 Å². The second-order valence-electron chi connectivity index (χ2n) is 5.11. The maximum Gasteiger partial charge on any atom is 0.122 e. The molecule has 0 bridgehead atoms. The molecule has 0 amide bonds. The third kappa shape index (κ3) is 4.39. The molecule has 0 unspecified atom stereocenters. The van der Waals surface area contributed by atoms with Gasteiger partial charge in [0, 0.05) is 6.04 Å². The van der Waals surface area contributed by atoms with Gasteiger partial charge in [-0.15, -0.1) is 0 Å². The molecule has 0 heterocycles. The number of hydrogen-bond donors (Lipinski definition) is 1. The Morgan fingerprint density at radius 3 is 2.76 bits per heavy atom. The van der Waals surface area contributed by atoms with E-state index in [1.165, 1.54) is 24.8 Å². The predicted molar refractivity (Wildman–Crippen MR) is 71.6 cm³/mol. The number of nitrogens with one attached hydrogen (secondary N) is 1. The predicted octanol–water partition coefficient (Wildman–Crippen LogP) is 3.16. The van der Waals surface area contributed by atoms with Crippen LogP contribution in [0.15, 0.2) is 24.3 Å². The van der Waals surface area contributed by atoms with Crippen LogP contribution in [-0.4, -0.2) is 18.7 Å². The average molecular weight is 233 g/mol. The maximum absolute atomic E-state index is 5.82. The van der Waals surface area contributed by atoms with Crippen molar-refractivity contribution in [3.05, 3.63) is 29.8 Å². The van der Waals surface area contributed by atoms with Gasteiger partial charge in [0.1, 0.15) is 5.75 Å². The molecule has 17 heavy (non-hydrogen) atoms. The Labute approximate surface area is 104 Å². The molecule has 0 atom stereocenters. The van der Waals surface area contributed by atoms with Gasteiger partial charge in [0.25, 0.3) is 0 Å². The van der Waals surface area contributed by atoms with Crippen molar-refractivity contribution in [2.75, 3.05) is 6.54 Å². The quantitative estimate of drug-likeness (QED) is 0.730. The minimum absolute atomic E-state index is 0.251. The minimum atomic E-state index is 0.251. The third-order valence-corrected chi connectivity index (χ3v) is 2.97. The lowest BCUT2D eigenvalue weighted by Gasteiger charge is -2.14. The monoisotopic (exact) mass is 233 g/mol. The highest BCUT2D eigenvalue weighted by molar-refractivity contribution is 5.33. The number of aryl methyl sites for hydroxylation is 1. The molecule has 1 saturated carbocycles. The number of benzene rings is 1. The van der Waals surface area contributed by atoms with Crippen molar-refractivity contribution in [3.8, 4) is 5.75 Å². The van der Waals surface area contributed by atoms with E-state index in [2.05, 4.69) is 37.4 Å². The molecule has 1 fully saturated rings.